The predicted molar refractivity (Wildman–Crippen MR) is 164 cm³/mol. The predicted octanol–water partition coefficient (Wildman–Crippen LogP) is 3.06. The Hall–Kier alpha value is -4.13. The molecule has 2 aliphatic heterocycles. The quantitative estimate of drug-likeness (QED) is 0.460. The first-order valence-electron chi connectivity index (χ1n) is 15.1. The Kier molecular flexibility index (Phi) is 10.1. The fraction of sp³-hybridized carbons (Fsp3) is 0.594. The number of aryl methyl sites for hydroxylation is 1. The third-order valence-electron chi connectivity index (χ3n) is 7.66. The summed E-state index contributed by atoms with van der Waals surface area (Å²) >= 11 is 0. The third kappa shape index (κ3) is 8.33. The van der Waals surface area contributed by atoms with Gasteiger partial charge in [0, 0.05) is 24.6 Å². The van der Waals surface area contributed by atoms with Crippen molar-refractivity contribution in [1.82, 2.24) is 20.5 Å². The molecule has 4 atom stereocenters. The van der Waals surface area contributed by atoms with Crippen molar-refractivity contribution in [1.29, 1.82) is 0 Å². The van der Waals surface area contributed by atoms with E-state index in [4.69, 9.17) is 18.9 Å². The molecule has 2 aliphatic rings. The largest absolute Gasteiger partial charge is 0.496 e. The fourth-order valence-electron chi connectivity index (χ4n) is 5.47. The summed E-state index contributed by atoms with van der Waals surface area (Å²) in [6.07, 6.45) is 1.30. The van der Waals surface area contributed by atoms with Crippen LogP contribution < -0.4 is 20.1 Å². The van der Waals surface area contributed by atoms with Crippen molar-refractivity contribution < 1.29 is 43.2 Å². The van der Waals surface area contributed by atoms with Gasteiger partial charge in [-0.2, -0.15) is 0 Å². The minimum absolute atomic E-state index is 0.0258. The Balaban J connectivity index is 1.73. The van der Waals surface area contributed by atoms with Crippen molar-refractivity contribution in [3.8, 4) is 11.6 Å². The number of carboxylic acid groups (broad SMARTS) is 1. The van der Waals surface area contributed by atoms with E-state index in [1.165, 1.54) is 4.90 Å². The molecule has 246 valence electrons. The van der Waals surface area contributed by atoms with Crippen molar-refractivity contribution in [2.24, 2.45) is 5.41 Å². The molecular formula is C32H44N4O9. The number of carbonyl (C=O) groups is 4. The summed E-state index contributed by atoms with van der Waals surface area (Å²) in [4.78, 5) is 58.4. The van der Waals surface area contributed by atoms with Crippen molar-refractivity contribution >= 4 is 34.6 Å². The fourth-order valence-corrected chi connectivity index (χ4v) is 5.47. The van der Waals surface area contributed by atoms with Crippen molar-refractivity contribution in [3.05, 3.63) is 30.0 Å². The average molecular weight is 629 g/mol. The highest BCUT2D eigenvalue weighted by atomic mass is 16.6. The Morgan fingerprint density at radius 1 is 1.16 bits per heavy atom. The van der Waals surface area contributed by atoms with Crippen LogP contribution >= 0.6 is 0 Å². The number of amides is 3. The molecule has 1 aromatic carbocycles. The summed E-state index contributed by atoms with van der Waals surface area (Å²) in [5.74, 6) is -1.43. The highest BCUT2D eigenvalue weighted by molar-refractivity contribution is 5.94. The van der Waals surface area contributed by atoms with E-state index in [9.17, 15) is 24.3 Å². The first-order valence-corrected chi connectivity index (χ1v) is 15.1. The second-order valence-corrected chi connectivity index (χ2v) is 13.5. The summed E-state index contributed by atoms with van der Waals surface area (Å²) in [7, 11) is 1.59. The molecule has 4 rings (SSSR count). The zero-order valence-electron chi connectivity index (χ0n) is 27.0. The zero-order chi connectivity index (χ0) is 33.1. The SMILES string of the molecule is COc1cc2ccnc3c2cc1CCCOCC(NC(=O)OC(C)(C)C)C(=O)NC(C(C)(C)C)C(=O)N1CC(CC1C(=O)O)O3. The highest BCUT2D eigenvalue weighted by Crippen LogP contribution is 2.34. The molecule has 4 bridgehead atoms. The van der Waals surface area contributed by atoms with Gasteiger partial charge in [0.1, 0.15) is 35.6 Å². The standard InChI is InChI=1S/C32H44N4O9/c1-31(2,3)25-28(38)36-16-20(15-23(36)29(39)40)44-27-21-13-19(24(42-7)14-18(21)10-11-33-27)9-8-12-43-17-22(26(37)35-25)34-30(41)45-32(4,5)6/h10-11,13-14,20,22-23,25H,8-9,12,15-17H2,1-7H3,(H,34,41)(H,35,37)(H,39,40). The van der Waals surface area contributed by atoms with Gasteiger partial charge in [-0.25, -0.2) is 14.6 Å². The maximum atomic E-state index is 14.0. The van der Waals surface area contributed by atoms with E-state index in [0.29, 0.717) is 24.5 Å². The van der Waals surface area contributed by atoms with Gasteiger partial charge in [-0.05, 0) is 68.2 Å². The van der Waals surface area contributed by atoms with Crippen LogP contribution in [0, 0.1) is 5.41 Å². The van der Waals surface area contributed by atoms with Crippen LogP contribution in [0.1, 0.15) is 59.9 Å². The number of benzene rings is 1. The molecular weight excluding hydrogens is 584 g/mol. The number of hydrogen-bond donors (Lipinski definition) is 3. The smallest absolute Gasteiger partial charge is 0.408 e. The number of hydrogen-bond acceptors (Lipinski definition) is 9. The number of carboxylic acids is 1. The van der Waals surface area contributed by atoms with E-state index in [1.807, 2.05) is 18.2 Å². The number of alkyl carbamates (subject to hydrolysis) is 1. The average Bonchev–Trinajstić information content (AvgIpc) is 3.36. The van der Waals surface area contributed by atoms with Gasteiger partial charge in [-0.3, -0.25) is 9.59 Å². The molecule has 1 fully saturated rings. The second kappa shape index (κ2) is 13.5. The topological polar surface area (TPSA) is 166 Å². The number of aliphatic carboxylic acids is 1. The molecule has 13 heteroatoms. The van der Waals surface area contributed by atoms with Crippen molar-refractivity contribution in [2.45, 2.75) is 90.6 Å². The Morgan fingerprint density at radius 2 is 1.89 bits per heavy atom. The number of ether oxygens (including phenoxy) is 4. The first-order chi connectivity index (χ1) is 21.1. The van der Waals surface area contributed by atoms with Gasteiger partial charge < -0.3 is 39.6 Å². The van der Waals surface area contributed by atoms with E-state index >= 15 is 0 Å². The van der Waals surface area contributed by atoms with Crippen LogP contribution in [0.4, 0.5) is 4.79 Å². The normalized spacial score (nSPS) is 23.5. The van der Waals surface area contributed by atoms with Crippen molar-refractivity contribution in [3.63, 3.8) is 0 Å². The number of rotatable bonds is 3. The lowest BCUT2D eigenvalue weighted by molar-refractivity contribution is -0.151. The molecule has 4 unspecified atom stereocenters. The second-order valence-electron chi connectivity index (χ2n) is 13.5. The highest BCUT2D eigenvalue weighted by Gasteiger charge is 2.46. The van der Waals surface area contributed by atoms with Crippen LogP contribution in [-0.4, -0.2) is 95.6 Å². The van der Waals surface area contributed by atoms with Gasteiger partial charge in [0.15, 0.2) is 0 Å². The molecule has 13 nitrogen and oxygen atoms in total. The van der Waals surface area contributed by atoms with Crippen LogP contribution in [0.2, 0.25) is 0 Å². The molecule has 2 aromatic rings. The van der Waals surface area contributed by atoms with E-state index < -0.39 is 59.1 Å². The van der Waals surface area contributed by atoms with Crippen LogP contribution in [0.3, 0.4) is 0 Å². The molecule has 45 heavy (non-hydrogen) atoms. The number of methoxy groups -OCH3 is 1. The lowest BCUT2D eigenvalue weighted by atomic mass is 9.85. The number of pyridine rings is 1. The minimum atomic E-state index is -1.19. The summed E-state index contributed by atoms with van der Waals surface area (Å²) in [5, 5.41) is 17.0. The van der Waals surface area contributed by atoms with Gasteiger partial charge >= 0.3 is 12.1 Å². The summed E-state index contributed by atoms with van der Waals surface area (Å²) in [5.41, 5.74) is -0.747. The monoisotopic (exact) mass is 628 g/mol. The van der Waals surface area contributed by atoms with Gasteiger partial charge in [0.2, 0.25) is 17.7 Å². The van der Waals surface area contributed by atoms with Crippen molar-refractivity contribution in [2.75, 3.05) is 26.9 Å². The maximum absolute atomic E-state index is 14.0. The molecule has 0 radical (unpaired) electrons. The van der Waals surface area contributed by atoms with Gasteiger partial charge in [0.05, 0.1) is 20.3 Å². The molecule has 3 N–H and O–H groups in total. The minimum Gasteiger partial charge on any atom is -0.496 e. The molecule has 1 aromatic heterocycles. The van der Waals surface area contributed by atoms with E-state index in [-0.39, 0.29) is 26.2 Å². The van der Waals surface area contributed by atoms with Gasteiger partial charge in [-0.1, -0.05) is 20.8 Å². The number of fused-ring (bicyclic) bond motifs is 3. The number of nitrogens with one attached hydrogen (secondary N) is 2. The summed E-state index contributed by atoms with van der Waals surface area (Å²) < 4.78 is 23.1. The van der Waals surface area contributed by atoms with Crippen LogP contribution in [0.15, 0.2) is 24.4 Å². The summed E-state index contributed by atoms with van der Waals surface area (Å²) in [6.45, 7) is 10.4. The lowest BCUT2D eigenvalue weighted by Gasteiger charge is -2.35. The van der Waals surface area contributed by atoms with Crippen LogP contribution in [-0.2, 0) is 30.3 Å². The molecule has 0 aliphatic carbocycles. The third-order valence-corrected chi connectivity index (χ3v) is 7.66. The number of nitrogens with zero attached hydrogens (tertiary/aromatic N) is 2. The van der Waals surface area contributed by atoms with E-state index in [1.54, 1.807) is 54.8 Å². The van der Waals surface area contributed by atoms with E-state index in [0.717, 1.165) is 16.3 Å². The Bertz CT molecular complexity index is 1430. The van der Waals surface area contributed by atoms with E-state index in [2.05, 4.69) is 15.6 Å². The molecule has 3 amide bonds. The summed E-state index contributed by atoms with van der Waals surface area (Å²) in [6, 6.07) is 2.16. The van der Waals surface area contributed by atoms with Crippen LogP contribution in [0.5, 0.6) is 11.6 Å². The number of aromatic nitrogens is 1. The molecule has 1 saturated heterocycles. The lowest BCUT2D eigenvalue weighted by Crippen LogP contribution is -2.60. The first kappa shape index (κ1) is 33.8. The van der Waals surface area contributed by atoms with Gasteiger partial charge in [-0.15, -0.1) is 0 Å². The maximum Gasteiger partial charge on any atom is 0.408 e. The molecule has 3 heterocycles. The van der Waals surface area contributed by atoms with Crippen LogP contribution in [0.25, 0.3) is 10.8 Å². The molecule has 0 spiro atoms. The zero-order valence-corrected chi connectivity index (χ0v) is 27.0. The Morgan fingerprint density at radius 3 is 2.53 bits per heavy atom. The Labute approximate surface area is 262 Å². The molecule has 0 saturated carbocycles. The van der Waals surface area contributed by atoms with Gasteiger partial charge in [0.25, 0.3) is 0 Å². The number of carbonyl (C=O) groups excluding carboxylic acids is 3.